The van der Waals surface area contributed by atoms with Crippen LogP contribution in [0.4, 0.5) is 5.69 Å². The minimum Gasteiger partial charge on any atom is -0.399 e. The quantitative estimate of drug-likeness (QED) is 0.564. The van der Waals surface area contributed by atoms with Gasteiger partial charge in [0.1, 0.15) is 0 Å². The Morgan fingerprint density at radius 2 is 2.25 bits per heavy atom. The SMILES string of the molecule is C[C@@H]1Cc2cc(N)ccc2CN1. The van der Waals surface area contributed by atoms with Gasteiger partial charge < -0.3 is 11.1 Å². The number of nitrogens with two attached hydrogens (primary N) is 1. The minimum absolute atomic E-state index is 0.583. The average molecular weight is 162 g/mol. The fourth-order valence-corrected chi connectivity index (χ4v) is 1.69. The standard InChI is InChI=1S/C10H14N2/c1-7-4-9-5-10(11)3-2-8(9)6-12-7/h2-3,5,7,12H,4,6,11H2,1H3/t7-/m1/s1. The van der Waals surface area contributed by atoms with Crippen molar-refractivity contribution in [3.8, 4) is 0 Å². The lowest BCUT2D eigenvalue weighted by atomic mass is 9.96. The molecule has 1 heterocycles. The van der Waals surface area contributed by atoms with Crippen LogP contribution in [0.3, 0.4) is 0 Å². The molecule has 1 atom stereocenters. The molecule has 0 aromatic heterocycles. The molecule has 0 aliphatic carbocycles. The van der Waals surface area contributed by atoms with Gasteiger partial charge >= 0.3 is 0 Å². The van der Waals surface area contributed by atoms with Crippen LogP contribution in [0.25, 0.3) is 0 Å². The smallest absolute Gasteiger partial charge is 0.0316 e. The molecule has 0 spiro atoms. The summed E-state index contributed by atoms with van der Waals surface area (Å²) in [5.41, 5.74) is 9.38. The maximum absolute atomic E-state index is 5.71. The summed E-state index contributed by atoms with van der Waals surface area (Å²) < 4.78 is 0. The predicted molar refractivity (Wildman–Crippen MR) is 50.9 cm³/mol. The van der Waals surface area contributed by atoms with E-state index in [0.717, 1.165) is 18.7 Å². The molecule has 12 heavy (non-hydrogen) atoms. The summed E-state index contributed by atoms with van der Waals surface area (Å²) in [5, 5.41) is 3.42. The van der Waals surface area contributed by atoms with Gasteiger partial charge in [-0.25, -0.2) is 0 Å². The number of fused-ring (bicyclic) bond motifs is 1. The number of hydrogen-bond donors (Lipinski definition) is 2. The van der Waals surface area contributed by atoms with Crippen LogP contribution >= 0.6 is 0 Å². The highest BCUT2D eigenvalue weighted by atomic mass is 14.9. The van der Waals surface area contributed by atoms with Gasteiger partial charge in [0.25, 0.3) is 0 Å². The molecule has 2 heteroatoms. The average Bonchev–Trinajstić information content (AvgIpc) is 2.03. The van der Waals surface area contributed by atoms with E-state index in [1.165, 1.54) is 11.1 Å². The lowest BCUT2D eigenvalue weighted by molar-refractivity contribution is 0.514. The van der Waals surface area contributed by atoms with Gasteiger partial charge in [-0.1, -0.05) is 6.07 Å². The largest absolute Gasteiger partial charge is 0.399 e. The monoisotopic (exact) mass is 162 g/mol. The number of rotatable bonds is 0. The summed E-state index contributed by atoms with van der Waals surface area (Å²) in [5.74, 6) is 0. The van der Waals surface area contributed by atoms with E-state index in [2.05, 4.69) is 24.4 Å². The van der Waals surface area contributed by atoms with Gasteiger partial charge in [-0.05, 0) is 36.6 Å². The summed E-state index contributed by atoms with van der Waals surface area (Å²) in [4.78, 5) is 0. The summed E-state index contributed by atoms with van der Waals surface area (Å²) >= 11 is 0. The lowest BCUT2D eigenvalue weighted by Crippen LogP contribution is -2.32. The van der Waals surface area contributed by atoms with Crippen LogP contribution in [0.15, 0.2) is 18.2 Å². The number of nitrogen functional groups attached to an aromatic ring is 1. The second-order valence-electron chi connectivity index (χ2n) is 3.51. The van der Waals surface area contributed by atoms with Crippen molar-refractivity contribution in [1.82, 2.24) is 5.32 Å². The Morgan fingerprint density at radius 3 is 3.08 bits per heavy atom. The zero-order valence-corrected chi connectivity index (χ0v) is 7.30. The molecule has 0 saturated heterocycles. The number of anilines is 1. The van der Waals surface area contributed by atoms with Gasteiger partial charge in [-0.15, -0.1) is 0 Å². The van der Waals surface area contributed by atoms with Crippen molar-refractivity contribution in [3.05, 3.63) is 29.3 Å². The molecule has 1 aromatic carbocycles. The van der Waals surface area contributed by atoms with Crippen molar-refractivity contribution in [2.45, 2.75) is 25.9 Å². The van der Waals surface area contributed by atoms with E-state index >= 15 is 0 Å². The van der Waals surface area contributed by atoms with Crippen molar-refractivity contribution in [2.24, 2.45) is 0 Å². The number of hydrogen-bond acceptors (Lipinski definition) is 2. The van der Waals surface area contributed by atoms with E-state index in [9.17, 15) is 0 Å². The summed E-state index contributed by atoms with van der Waals surface area (Å²) in [6.07, 6.45) is 1.10. The van der Waals surface area contributed by atoms with Crippen LogP contribution in [0.1, 0.15) is 18.1 Å². The Bertz CT molecular complexity index is 294. The first kappa shape index (κ1) is 7.62. The highest BCUT2D eigenvalue weighted by Gasteiger charge is 2.13. The van der Waals surface area contributed by atoms with Crippen LogP contribution in [-0.4, -0.2) is 6.04 Å². The van der Waals surface area contributed by atoms with Gasteiger partial charge in [0, 0.05) is 18.3 Å². The fraction of sp³-hybridized carbons (Fsp3) is 0.400. The number of nitrogens with one attached hydrogen (secondary N) is 1. The predicted octanol–water partition coefficient (Wildman–Crippen LogP) is 1.30. The molecule has 2 nitrogen and oxygen atoms in total. The zero-order chi connectivity index (χ0) is 8.55. The second-order valence-corrected chi connectivity index (χ2v) is 3.51. The Hall–Kier alpha value is -1.02. The maximum atomic E-state index is 5.71. The molecule has 0 amide bonds. The lowest BCUT2D eigenvalue weighted by Gasteiger charge is -2.23. The molecular formula is C10H14N2. The van der Waals surface area contributed by atoms with E-state index < -0.39 is 0 Å². The normalized spacial score (nSPS) is 21.9. The van der Waals surface area contributed by atoms with E-state index in [1.54, 1.807) is 0 Å². The molecule has 1 aromatic rings. The molecule has 1 aliphatic rings. The first-order chi connectivity index (χ1) is 5.75. The third kappa shape index (κ3) is 1.30. The van der Waals surface area contributed by atoms with Gasteiger partial charge in [-0.3, -0.25) is 0 Å². The first-order valence-electron chi connectivity index (χ1n) is 4.36. The van der Waals surface area contributed by atoms with E-state index in [0.29, 0.717) is 6.04 Å². The van der Waals surface area contributed by atoms with E-state index in [4.69, 9.17) is 5.73 Å². The molecule has 3 N–H and O–H groups in total. The van der Waals surface area contributed by atoms with Crippen LogP contribution in [0.2, 0.25) is 0 Å². The Morgan fingerprint density at radius 1 is 1.42 bits per heavy atom. The maximum Gasteiger partial charge on any atom is 0.0316 e. The number of benzene rings is 1. The van der Waals surface area contributed by atoms with E-state index in [-0.39, 0.29) is 0 Å². The van der Waals surface area contributed by atoms with Gasteiger partial charge in [-0.2, -0.15) is 0 Å². The molecule has 64 valence electrons. The molecule has 1 aliphatic heterocycles. The van der Waals surface area contributed by atoms with Crippen LogP contribution < -0.4 is 11.1 Å². The van der Waals surface area contributed by atoms with Crippen molar-refractivity contribution in [2.75, 3.05) is 5.73 Å². The molecular weight excluding hydrogens is 148 g/mol. The highest BCUT2D eigenvalue weighted by molar-refractivity contribution is 5.45. The molecule has 0 fully saturated rings. The van der Waals surface area contributed by atoms with Gasteiger partial charge in [0.15, 0.2) is 0 Å². The topological polar surface area (TPSA) is 38.0 Å². The highest BCUT2D eigenvalue weighted by Crippen LogP contribution is 2.18. The Kier molecular flexibility index (Phi) is 1.77. The summed E-state index contributed by atoms with van der Waals surface area (Å²) in [6.45, 7) is 3.18. The van der Waals surface area contributed by atoms with Gasteiger partial charge in [0.05, 0.1) is 0 Å². The van der Waals surface area contributed by atoms with Crippen LogP contribution in [0.5, 0.6) is 0 Å². The van der Waals surface area contributed by atoms with Crippen LogP contribution in [-0.2, 0) is 13.0 Å². The molecule has 0 bridgehead atoms. The minimum atomic E-state index is 0.583. The third-order valence-electron chi connectivity index (χ3n) is 2.40. The summed E-state index contributed by atoms with van der Waals surface area (Å²) in [6, 6.07) is 6.76. The zero-order valence-electron chi connectivity index (χ0n) is 7.30. The van der Waals surface area contributed by atoms with Crippen molar-refractivity contribution >= 4 is 5.69 Å². The van der Waals surface area contributed by atoms with Crippen molar-refractivity contribution in [3.63, 3.8) is 0 Å². The van der Waals surface area contributed by atoms with Crippen LogP contribution in [0, 0.1) is 0 Å². The molecule has 0 unspecified atom stereocenters. The Balaban J connectivity index is 2.37. The van der Waals surface area contributed by atoms with E-state index in [1.807, 2.05) is 6.07 Å². The van der Waals surface area contributed by atoms with Crippen molar-refractivity contribution in [1.29, 1.82) is 0 Å². The fourth-order valence-electron chi connectivity index (χ4n) is 1.69. The van der Waals surface area contributed by atoms with Crippen molar-refractivity contribution < 1.29 is 0 Å². The second kappa shape index (κ2) is 2.79. The molecule has 0 radical (unpaired) electrons. The summed E-state index contributed by atoms with van der Waals surface area (Å²) in [7, 11) is 0. The third-order valence-corrected chi connectivity index (χ3v) is 2.40. The first-order valence-corrected chi connectivity index (χ1v) is 4.36. The molecule has 0 saturated carbocycles. The molecule has 2 rings (SSSR count). The van der Waals surface area contributed by atoms with Gasteiger partial charge in [0.2, 0.25) is 0 Å². The Labute approximate surface area is 72.8 Å².